The summed E-state index contributed by atoms with van der Waals surface area (Å²) >= 11 is 7.62. The number of fused-ring (bicyclic) bond motifs is 1. The van der Waals surface area contributed by atoms with Crippen LogP contribution < -0.4 is 4.90 Å². The summed E-state index contributed by atoms with van der Waals surface area (Å²) < 4.78 is 15.4. The van der Waals surface area contributed by atoms with Gasteiger partial charge in [-0.3, -0.25) is 4.79 Å². The summed E-state index contributed by atoms with van der Waals surface area (Å²) in [5, 5.41) is 1.08. The van der Waals surface area contributed by atoms with Gasteiger partial charge in [-0.25, -0.2) is 9.37 Å². The number of halogens is 2. The highest BCUT2D eigenvalue weighted by molar-refractivity contribution is 7.99. The molecule has 4 rings (SSSR count). The number of carbonyl (C=O) groups is 1. The van der Waals surface area contributed by atoms with Crippen molar-refractivity contribution in [3.05, 3.63) is 89.2 Å². The van der Waals surface area contributed by atoms with Gasteiger partial charge in [0.2, 0.25) is 5.91 Å². The molecule has 7 heteroatoms. The third-order valence-corrected chi connectivity index (χ3v) is 6.12. The molecule has 0 saturated carbocycles. The summed E-state index contributed by atoms with van der Waals surface area (Å²) in [6, 6.07) is 21.7. The van der Waals surface area contributed by atoms with Crippen LogP contribution in [0, 0.1) is 5.82 Å². The van der Waals surface area contributed by atoms with E-state index in [0.717, 1.165) is 22.3 Å². The fourth-order valence-corrected chi connectivity index (χ4v) is 4.31. The maximum Gasteiger partial charge on any atom is 0.237 e. The summed E-state index contributed by atoms with van der Waals surface area (Å²) in [5.41, 5.74) is 3.40. The van der Waals surface area contributed by atoms with Crippen LogP contribution in [0.5, 0.6) is 0 Å². The van der Waals surface area contributed by atoms with Gasteiger partial charge in [-0.05, 0) is 42.0 Å². The van der Waals surface area contributed by atoms with Gasteiger partial charge < -0.3 is 9.47 Å². The number of para-hydroxylation sites is 3. The Morgan fingerprint density at radius 1 is 1.10 bits per heavy atom. The van der Waals surface area contributed by atoms with Crippen molar-refractivity contribution < 1.29 is 9.18 Å². The van der Waals surface area contributed by atoms with Gasteiger partial charge in [0.1, 0.15) is 5.82 Å². The molecule has 30 heavy (non-hydrogen) atoms. The van der Waals surface area contributed by atoms with Crippen molar-refractivity contribution in [1.82, 2.24) is 9.55 Å². The number of benzene rings is 3. The summed E-state index contributed by atoms with van der Waals surface area (Å²) in [5.74, 6) is -0.153. The Morgan fingerprint density at radius 3 is 2.60 bits per heavy atom. The molecular weight excluding hydrogens is 421 g/mol. The third kappa shape index (κ3) is 4.35. The lowest BCUT2D eigenvalue weighted by molar-refractivity contribution is -0.115. The van der Waals surface area contributed by atoms with Crippen molar-refractivity contribution in [2.24, 2.45) is 0 Å². The Hall–Kier alpha value is -2.83. The maximum absolute atomic E-state index is 13.4. The molecule has 0 atom stereocenters. The van der Waals surface area contributed by atoms with E-state index in [4.69, 9.17) is 16.6 Å². The van der Waals surface area contributed by atoms with Crippen LogP contribution in [0.15, 0.2) is 78.0 Å². The molecule has 1 aromatic heterocycles. The normalized spacial score (nSPS) is 11.0. The van der Waals surface area contributed by atoms with E-state index in [-0.39, 0.29) is 17.5 Å². The van der Waals surface area contributed by atoms with Gasteiger partial charge in [0, 0.05) is 17.8 Å². The van der Waals surface area contributed by atoms with Crippen LogP contribution in [-0.4, -0.2) is 28.3 Å². The van der Waals surface area contributed by atoms with Crippen LogP contribution in [-0.2, 0) is 11.3 Å². The molecular formula is C23H19ClFN3OS. The lowest BCUT2D eigenvalue weighted by Crippen LogP contribution is -2.27. The molecule has 1 amide bonds. The molecule has 0 aliphatic carbocycles. The monoisotopic (exact) mass is 439 g/mol. The molecule has 4 nitrogen and oxygen atoms in total. The minimum Gasteiger partial charge on any atom is -0.315 e. The van der Waals surface area contributed by atoms with Gasteiger partial charge in [-0.2, -0.15) is 0 Å². The zero-order chi connectivity index (χ0) is 21.1. The van der Waals surface area contributed by atoms with Gasteiger partial charge in [0.15, 0.2) is 5.16 Å². The van der Waals surface area contributed by atoms with Crippen molar-refractivity contribution in [1.29, 1.82) is 0 Å². The van der Waals surface area contributed by atoms with E-state index < -0.39 is 0 Å². The van der Waals surface area contributed by atoms with Gasteiger partial charge in [-0.15, -0.1) is 0 Å². The lowest BCUT2D eigenvalue weighted by Gasteiger charge is -2.17. The van der Waals surface area contributed by atoms with E-state index in [1.54, 1.807) is 18.0 Å². The number of nitrogens with zero attached hydrogens (tertiary/aromatic N) is 3. The van der Waals surface area contributed by atoms with Crippen LogP contribution in [0.4, 0.5) is 10.1 Å². The lowest BCUT2D eigenvalue weighted by atomic mass is 10.2. The molecule has 0 saturated heterocycles. The predicted octanol–water partition coefficient (Wildman–Crippen LogP) is 5.63. The van der Waals surface area contributed by atoms with Crippen molar-refractivity contribution in [3.63, 3.8) is 0 Å². The molecule has 0 N–H and O–H groups in total. The van der Waals surface area contributed by atoms with Gasteiger partial charge >= 0.3 is 0 Å². The molecule has 1 heterocycles. The van der Waals surface area contributed by atoms with Gasteiger partial charge in [0.25, 0.3) is 0 Å². The van der Waals surface area contributed by atoms with E-state index in [2.05, 4.69) is 0 Å². The SMILES string of the molecule is CN(C(=O)CSc1nc2ccccc2n1Cc1ccc(F)cc1Cl)c1ccccc1. The van der Waals surface area contributed by atoms with Crippen molar-refractivity contribution >= 4 is 46.0 Å². The number of hydrogen-bond donors (Lipinski definition) is 0. The fourth-order valence-electron chi connectivity index (χ4n) is 3.16. The molecule has 0 aliphatic heterocycles. The molecule has 152 valence electrons. The zero-order valence-electron chi connectivity index (χ0n) is 16.3. The average Bonchev–Trinajstić information content (AvgIpc) is 3.11. The number of anilines is 1. The van der Waals surface area contributed by atoms with Crippen molar-refractivity contribution in [2.75, 3.05) is 17.7 Å². The molecule has 0 unspecified atom stereocenters. The third-order valence-electron chi connectivity index (χ3n) is 4.81. The molecule has 4 aromatic rings. The van der Waals surface area contributed by atoms with Gasteiger partial charge in [0.05, 0.1) is 23.3 Å². The Labute approximate surface area is 183 Å². The van der Waals surface area contributed by atoms with E-state index in [0.29, 0.717) is 16.7 Å². The van der Waals surface area contributed by atoms with Crippen LogP contribution in [0.25, 0.3) is 11.0 Å². The highest BCUT2D eigenvalue weighted by atomic mass is 35.5. The van der Waals surface area contributed by atoms with E-state index in [1.807, 2.05) is 59.2 Å². The van der Waals surface area contributed by atoms with E-state index >= 15 is 0 Å². The van der Waals surface area contributed by atoms with Gasteiger partial charge in [-0.1, -0.05) is 59.8 Å². The molecule has 0 bridgehead atoms. The van der Waals surface area contributed by atoms with Crippen molar-refractivity contribution in [3.8, 4) is 0 Å². The molecule has 0 aliphatic rings. The second-order valence-corrected chi connectivity index (χ2v) is 8.13. The topological polar surface area (TPSA) is 38.1 Å². The number of hydrogen-bond acceptors (Lipinski definition) is 3. The molecule has 0 spiro atoms. The first-order valence-corrected chi connectivity index (χ1v) is 10.7. The first kappa shape index (κ1) is 20.4. The number of amides is 1. The van der Waals surface area contributed by atoms with E-state index in [1.165, 1.54) is 23.9 Å². The Morgan fingerprint density at radius 2 is 1.83 bits per heavy atom. The number of thioether (sulfide) groups is 1. The molecule has 0 radical (unpaired) electrons. The Balaban J connectivity index is 1.59. The first-order valence-electron chi connectivity index (χ1n) is 9.36. The number of carbonyl (C=O) groups excluding carboxylic acids is 1. The Kier molecular flexibility index (Phi) is 6.06. The first-order chi connectivity index (χ1) is 14.5. The number of aromatic nitrogens is 2. The highest BCUT2D eigenvalue weighted by Crippen LogP contribution is 2.28. The largest absolute Gasteiger partial charge is 0.315 e. The Bertz CT molecular complexity index is 1200. The summed E-state index contributed by atoms with van der Waals surface area (Å²) in [4.78, 5) is 19.0. The molecule has 3 aromatic carbocycles. The maximum atomic E-state index is 13.4. The van der Waals surface area contributed by atoms with E-state index in [9.17, 15) is 9.18 Å². The number of rotatable bonds is 6. The minimum absolute atomic E-state index is 0.0235. The summed E-state index contributed by atoms with van der Waals surface area (Å²) in [7, 11) is 1.76. The van der Waals surface area contributed by atoms with Crippen molar-refractivity contribution in [2.45, 2.75) is 11.7 Å². The summed E-state index contributed by atoms with van der Waals surface area (Å²) in [6.07, 6.45) is 0. The summed E-state index contributed by atoms with van der Waals surface area (Å²) in [6.45, 7) is 0.435. The van der Waals surface area contributed by atoms with Crippen LogP contribution in [0.1, 0.15) is 5.56 Å². The van der Waals surface area contributed by atoms with Crippen LogP contribution in [0.2, 0.25) is 5.02 Å². The van der Waals surface area contributed by atoms with Crippen LogP contribution in [0.3, 0.4) is 0 Å². The van der Waals surface area contributed by atoms with Crippen LogP contribution >= 0.6 is 23.4 Å². The minimum atomic E-state index is -0.372. The molecule has 0 fully saturated rings. The highest BCUT2D eigenvalue weighted by Gasteiger charge is 2.17. The average molecular weight is 440 g/mol. The second-order valence-electron chi connectivity index (χ2n) is 6.78. The predicted molar refractivity (Wildman–Crippen MR) is 121 cm³/mol. The standard InChI is InChI=1S/C23H19ClFN3OS/c1-27(18-7-3-2-4-8-18)22(29)15-30-23-26-20-9-5-6-10-21(20)28(23)14-16-11-12-17(25)13-19(16)24/h2-13H,14-15H2,1H3. The fraction of sp³-hybridized carbons (Fsp3) is 0.130. The smallest absolute Gasteiger partial charge is 0.237 e. The zero-order valence-corrected chi connectivity index (χ0v) is 17.8. The number of imidazole rings is 1. The quantitative estimate of drug-likeness (QED) is 0.365. The second kappa shape index (κ2) is 8.90.